The van der Waals surface area contributed by atoms with Crippen LogP contribution in [0.25, 0.3) is 0 Å². The quantitative estimate of drug-likeness (QED) is 0.631. The molecule has 142 valence electrons. The van der Waals surface area contributed by atoms with Gasteiger partial charge in [0, 0.05) is 24.9 Å². The van der Waals surface area contributed by atoms with Crippen molar-refractivity contribution in [2.75, 3.05) is 6.54 Å². The summed E-state index contributed by atoms with van der Waals surface area (Å²) < 4.78 is 0. The summed E-state index contributed by atoms with van der Waals surface area (Å²) in [5.74, 6) is -2.06. The van der Waals surface area contributed by atoms with Gasteiger partial charge in [0.2, 0.25) is 5.91 Å². The van der Waals surface area contributed by atoms with E-state index in [9.17, 15) is 19.5 Å². The van der Waals surface area contributed by atoms with Crippen LogP contribution in [0.5, 0.6) is 0 Å². The monoisotopic (exact) mass is 367 g/mol. The van der Waals surface area contributed by atoms with Gasteiger partial charge in [-0.05, 0) is 24.0 Å². The Bertz CT molecular complexity index is 769. The van der Waals surface area contributed by atoms with Gasteiger partial charge in [0.15, 0.2) is 5.78 Å². The fraction of sp³-hybridized carbons (Fsp3) is 0.318. The zero-order valence-corrected chi connectivity index (χ0v) is 15.5. The van der Waals surface area contributed by atoms with Crippen LogP contribution in [0.2, 0.25) is 0 Å². The number of carbonyl (C=O) groups is 3. The van der Waals surface area contributed by atoms with Gasteiger partial charge in [-0.2, -0.15) is 0 Å². The SMILES string of the molecule is CCc1ccc(C(=O)CCC(=O)NCC(Cc2ccccc2)C(=O)O)cc1. The number of Topliss-reactive ketones (excluding diaryl/α,β-unsaturated/α-hetero) is 1. The molecule has 2 aromatic carbocycles. The number of nitrogens with one attached hydrogen (secondary N) is 1. The van der Waals surface area contributed by atoms with E-state index in [1.165, 1.54) is 0 Å². The first-order valence-electron chi connectivity index (χ1n) is 9.15. The van der Waals surface area contributed by atoms with Crippen LogP contribution >= 0.6 is 0 Å². The number of aliphatic carboxylic acids is 1. The normalized spacial score (nSPS) is 11.6. The molecule has 2 rings (SSSR count). The molecule has 1 atom stereocenters. The minimum atomic E-state index is -0.953. The number of carboxylic acid groups (broad SMARTS) is 1. The summed E-state index contributed by atoms with van der Waals surface area (Å²) in [5, 5.41) is 12.0. The van der Waals surface area contributed by atoms with Gasteiger partial charge in [-0.15, -0.1) is 0 Å². The second-order valence-corrected chi connectivity index (χ2v) is 6.50. The Kier molecular flexibility index (Phi) is 7.74. The molecule has 1 amide bonds. The number of amides is 1. The molecule has 0 saturated heterocycles. The maximum atomic E-state index is 12.2. The van der Waals surface area contributed by atoms with Crippen LogP contribution < -0.4 is 5.32 Å². The van der Waals surface area contributed by atoms with Crippen molar-refractivity contribution in [1.29, 1.82) is 0 Å². The van der Waals surface area contributed by atoms with E-state index in [2.05, 4.69) is 5.32 Å². The van der Waals surface area contributed by atoms with Crippen molar-refractivity contribution < 1.29 is 19.5 Å². The van der Waals surface area contributed by atoms with E-state index in [0.29, 0.717) is 12.0 Å². The molecule has 0 bridgehead atoms. The third-order valence-corrected chi connectivity index (χ3v) is 4.48. The second kappa shape index (κ2) is 10.3. The number of ketones is 1. The highest BCUT2D eigenvalue weighted by Crippen LogP contribution is 2.10. The van der Waals surface area contributed by atoms with Crippen molar-refractivity contribution in [3.63, 3.8) is 0 Å². The fourth-order valence-electron chi connectivity index (χ4n) is 2.77. The Morgan fingerprint density at radius 2 is 1.59 bits per heavy atom. The first kappa shape index (κ1) is 20.4. The Morgan fingerprint density at radius 3 is 2.19 bits per heavy atom. The summed E-state index contributed by atoms with van der Waals surface area (Å²) in [6.45, 7) is 2.09. The number of aryl methyl sites for hydroxylation is 1. The molecule has 0 fully saturated rings. The molecule has 0 spiro atoms. The number of carbonyl (C=O) groups excluding carboxylic acids is 2. The molecule has 2 N–H and O–H groups in total. The zero-order valence-electron chi connectivity index (χ0n) is 15.5. The van der Waals surface area contributed by atoms with Crippen LogP contribution in [0, 0.1) is 5.92 Å². The fourth-order valence-corrected chi connectivity index (χ4v) is 2.77. The lowest BCUT2D eigenvalue weighted by Gasteiger charge is -2.13. The molecule has 0 aliphatic carbocycles. The van der Waals surface area contributed by atoms with Gasteiger partial charge in [-0.1, -0.05) is 61.5 Å². The summed E-state index contributed by atoms with van der Waals surface area (Å²) in [6.07, 6.45) is 1.41. The van der Waals surface area contributed by atoms with E-state index in [4.69, 9.17) is 0 Å². The standard InChI is InChI=1S/C22H25NO4/c1-2-16-8-10-18(11-9-16)20(24)12-13-21(25)23-15-19(22(26)27)14-17-6-4-3-5-7-17/h3-11,19H,2,12-15H2,1H3,(H,23,25)(H,26,27). The topological polar surface area (TPSA) is 83.5 Å². The third-order valence-electron chi connectivity index (χ3n) is 4.48. The smallest absolute Gasteiger partial charge is 0.308 e. The van der Waals surface area contributed by atoms with E-state index in [1.807, 2.05) is 49.4 Å². The van der Waals surface area contributed by atoms with Crippen molar-refractivity contribution in [2.24, 2.45) is 5.92 Å². The summed E-state index contributed by atoms with van der Waals surface area (Å²) in [7, 11) is 0. The van der Waals surface area contributed by atoms with E-state index >= 15 is 0 Å². The lowest BCUT2D eigenvalue weighted by atomic mass is 9.99. The highest BCUT2D eigenvalue weighted by molar-refractivity contribution is 5.98. The Labute approximate surface area is 159 Å². The molecule has 27 heavy (non-hydrogen) atoms. The maximum absolute atomic E-state index is 12.2. The maximum Gasteiger partial charge on any atom is 0.308 e. The molecule has 0 aliphatic rings. The lowest BCUT2D eigenvalue weighted by molar-refractivity contribution is -0.141. The van der Waals surface area contributed by atoms with Crippen LogP contribution in [0.3, 0.4) is 0 Å². The molecule has 1 unspecified atom stereocenters. The Hall–Kier alpha value is -2.95. The third kappa shape index (κ3) is 6.70. The molecular weight excluding hydrogens is 342 g/mol. The predicted octanol–water partition coefficient (Wildman–Crippen LogP) is 3.27. The van der Waals surface area contributed by atoms with Crippen molar-refractivity contribution in [3.05, 3.63) is 71.3 Å². The first-order valence-corrected chi connectivity index (χ1v) is 9.15. The van der Waals surface area contributed by atoms with Crippen molar-refractivity contribution in [2.45, 2.75) is 32.6 Å². The predicted molar refractivity (Wildman–Crippen MR) is 104 cm³/mol. The van der Waals surface area contributed by atoms with E-state index in [0.717, 1.165) is 17.5 Å². The summed E-state index contributed by atoms with van der Waals surface area (Å²) in [5.41, 5.74) is 2.65. The number of hydrogen-bond acceptors (Lipinski definition) is 3. The first-order chi connectivity index (χ1) is 13.0. The number of carboxylic acids is 1. The van der Waals surface area contributed by atoms with E-state index in [-0.39, 0.29) is 31.1 Å². The zero-order chi connectivity index (χ0) is 19.6. The minimum Gasteiger partial charge on any atom is -0.481 e. The molecule has 0 radical (unpaired) electrons. The summed E-state index contributed by atoms with van der Waals surface area (Å²) in [4.78, 5) is 35.6. The van der Waals surface area contributed by atoms with Gasteiger partial charge in [-0.3, -0.25) is 14.4 Å². The average Bonchev–Trinajstić information content (AvgIpc) is 2.69. The molecule has 0 saturated carbocycles. The highest BCUT2D eigenvalue weighted by atomic mass is 16.4. The lowest BCUT2D eigenvalue weighted by Crippen LogP contribution is -2.34. The highest BCUT2D eigenvalue weighted by Gasteiger charge is 2.19. The molecule has 5 heteroatoms. The van der Waals surface area contributed by atoms with Crippen LogP contribution in [-0.4, -0.2) is 29.3 Å². The summed E-state index contributed by atoms with van der Waals surface area (Å²) in [6, 6.07) is 16.7. The molecule has 5 nitrogen and oxygen atoms in total. The molecule has 0 heterocycles. The van der Waals surface area contributed by atoms with E-state index in [1.54, 1.807) is 12.1 Å². The van der Waals surface area contributed by atoms with Crippen molar-refractivity contribution in [3.8, 4) is 0 Å². The van der Waals surface area contributed by atoms with Gasteiger partial charge in [0.05, 0.1) is 5.92 Å². The second-order valence-electron chi connectivity index (χ2n) is 6.50. The van der Waals surface area contributed by atoms with E-state index < -0.39 is 11.9 Å². The molecule has 0 aliphatic heterocycles. The van der Waals surface area contributed by atoms with Crippen molar-refractivity contribution in [1.82, 2.24) is 5.32 Å². The molecule has 2 aromatic rings. The number of hydrogen-bond donors (Lipinski definition) is 2. The van der Waals surface area contributed by atoms with Crippen molar-refractivity contribution >= 4 is 17.7 Å². The Morgan fingerprint density at radius 1 is 0.926 bits per heavy atom. The Balaban J connectivity index is 1.79. The van der Waals surface area contributed by atoms with Gasteiger partial charge < -0.3 is 10.4 Å². The molecular formula is C22H25NO4. The van der Waals surface area contributed by atoms with Crippen LogP contribution in [0.15, 0.2) is 54.6 Å². The van der Waals surface area contributed by atoms with Gasteiger partial charge in [0.1, 0.15) is 0 Å². The summed E-state index contributed by atoms with van der Waals surface area (Å²) >= 11 is 0. The molecule has 0 aromatic heterocycles. The average molecular weight is 367 g/mol. The number of rotatable bonds is 10. The number of benzene rings is 2. The van der Waals surface area contributed by atoms with Crippen LogP contribution in [-0.2, 0) is 22.4 Å². The van der Waals surface area contributed by atoms with Gasteiger partial charge >= 0.3 is 5.97 Å². The van der Waals surface area contributed by atoms with Crippen LogP contribution in [0.4, 0.5) is 0 Å². The van der Waals surface area contributed by atoms with Crippen LogP contribution in [0.1, 0.15) is 41.3 Å². The largest absolute Gasteiger partial charge is 0.481 e. The van der Waals surface area contributed by atoms with Gasteiger partial charge in [-0.25, -0.2) is 0 Å². The van der Waals surface area contributed by atoms with Gasteiger partial charge in [0.25, 0.3) is 0 Å². The minimum absolute atomic E-state index is 0.0441.